The van der Waals surface area contributed by atoms with Crippen molar-refractivity contribution >= 4 is 28.6 Å². The number of aliphatic hydroxyl groups is 1. The SMILES string of the molecule is O[C@H](COc1ccc(Cl)cc1)Cn1c2[n+](c3ccccc31)CCN2. The van der Waals surface area contributed by atoms with E-state index in [9.17, 15) is 5.11 Å². The van der Waals surface area contributed by atoms with Gasteiger partial charge in [0.15, 0.2) is 0 Å². The highest BCUT2D eigenvalue weighted by Gasteiger charge is 2.28. The van der Waals surface area contributed by atoms with Crippen LogP contribution in [0, 0.1) is 0 Å². The second kappa shape index (κ2) is 6.34. The van der Waals surface area contributed by atoms with Crippen LogP contribution in [0.3, 0.4) is 0 Å². The minimum absolute atomic E-state index is 0.230. The van der Waals surface area contributed by atoms with Crippen molar-refractivity contribution in [2.75, 3.05) is 18.5 Å². The van der Waals surface area contributed by atoms with E-state index in [0.717, 1.165) is 24.6 Å². The van der Waals surface area contributed by atoms with Crippen LogP contribution in [0.25, 0.3) is 11.0 Å². The van der Waals surface area contributed by atoms with Gasteiger partial charge in [-0.3, -0.25) is 5.32 Å². The predicted molar refractivity (Wildman–Crippen MR) is 93.6 cm³/mol. The second-order valence-electron chi connectivity index (χ2n) is 5.92. The van der Waals surface area contributed by atoms with Crippen molar-refractivity contribution in [1.29, 1.82) is 0 Å². The zero-order valence-corrected chi connectivity index (χ0v) is 13.9. The van der Waals surface area contributed by atoms with Gasteiger partial charge in [0.05, 0.1) is 6.54 Å². The summed E-state index contributed by atoms with van der Waals surface area (Å²) in [5, 5.41) is 14.5. The van der Waals surface area contributed by atoms with Crippen molar-refractivity contribution in [3.8, 4) is 5.75 Å². The van der Waals surface area contributed by atoms with Crippen LogP contribution < -0.4 is 14.6 Å². The molecule has 1 aromatic heterocycles. The van der Waals surface area contributed by atoms with Gasteiger partial charge in [-0.25, -0.2) is 9.13 Å². The quantitative estimate of drug-likeness (QED) is 0.699. The van der Waals surface area contributed by atoms with E-state index in [2.05, 4.69) is 26.6 Å². The van der Waals surface area contributed by atoms with Gasteiger partial charge in [0.2, 0.25) is 0 Å². The van der Waals surface area contributed by atoms with Gasteiger partial charge >= 0.3 is 5.95 Å². The van der Waals surface area contributed by atoms with Crippen LogP contribution in [0.1, 0.15) is 0 Å². The van der Waals surface area contributed by atoms with Gasteiger partial charge in [-0.1, -0.05) is 23.7 Å². The molecule has 1 aliphatic rings. The fourth-order valence-corrected chi connectivity index (χ4v) is 3.29. The molecule has 0 aliphatic carbocycles. The Bertz CT molecular complexity index is 861. The number of rotatable bonds is 5. The lowest BCUT2D eigenvalue weighted by Gasteiger charge is -2.12. The number of nitrogens with one attached hydrogen (secondary N) is 1. The number of imidazole rings is 1. The number of ether oxygens (including phenoxy) is 1. The normalized spacial score (nSPS) is 14.4. The molecule has 0 bridgehead atoms. The third kappa shape index (κ3) is 2.81. The molecule has 0 spiro atoms. The van der Waals surface area contributed by atoms with Crippen LogP contribution in [0.15, 0.2) is 48.5 Å². The summed E-state index contributed by atoms with van der Waals surface area (Å²) in [6.45, 7) is 2.56. The van der Waals surface area contributed by atoms with Gasteiger partial charge in [-0.2, -0.15) is 0 Å². The summed E-state index contributed by atoms with van der Waals surface area (Å²) in [4.78, 5) is 0. The van der Waals surface area contributed by atoms with Gasteiger partial charge in [0.1, 0.15) is 42.6 Å². The molecule has 2 aromatic carbocycles. The fraction of sp³-hybridized carbons (Fsp3) is 0.278. The molecule has 0 unspecified atom stereocenters. The first-order valence-electron chi connectivity index (χ1n) is 8.04. The molecule has 4 rings (SSSR count). The maximum Gasteiger partial charge on any atom is 0.358 e. The molecular formula is C18H19ClN3O2+. The number of para-hydroxylation sites is 2. The zero-order chi connectivity index (χ0) is 16.5. The Morgan fingerprint density at radius 2 is 2.00 bits per heavy atom. The first kappa shape index (κ1) is 15.3. The van der Waals surface area contributed by atoms with Crippen LogP contribution in [-0.2, 0) is 13.1 Å². The number of benzene rings is 2. The van der Waals surface area contributed by atoms with Crippen LogP contribution >= 0.6 is 11.6 Å². The number of fused-ring (bicyclic) bond motifs is 3. The smallest absolute Gasteiger partial charge is 0.358 e. The number of aromatic nitrogens is 2. The lowest BCUT2D eigenvalue weighted by atomic mass is 10.3. The molecular weight excluding hydrogens is 326 g/mol. The number of anilines is 1. The van der Waals surface area contributed by atoms with Crippen LogP contribution in [0.2, 0.25) is 5.02 Å². The van der Waals surface area contributed by atoms with Crippen molar-refractivity contribution in [3.05, 3.63) is 53.6 Å². The van der Waals surface area contributed by atoms with E-state index in [1.54, 1.807) is 24.3 Å². The lowest BCUT2D eigenvalue weighted by Crippen LogP contribution is -2.30. The molecule has 1 aliphatic heterocycles. The highest BCUT2D eigenvalue weighted by molar-refractivity contribution is 6.30. The largest absolute Gasteiger partial charge is 0.491 e. The summed E-state index contributed by atoms with van der Waals surface area (Å²) in [7, 11) is 0. The monoisotopic (exact) mass is 344 g/mol. The average molecular weight is 345 g/mol. The molecule has 1 atom stereocenters. The summed E-state index contributed by atoms with van der Waals surface area (Å²) in [5.41, 5.74) is 2.30. The van der Waals surface area contributed by atoms with Crippen molar-refractivity contribution < 1.29 is 14.4 Å². The Labute approximate surface area is 145 Å². The molecule has 124 valence electrons. The summed E-state index contributed by atoms with van der Waals surface area (Å²) < 4.78 is 10.0. The first-order chi connectivity index (χ1) is 11.7. The summed E-state index contributed by atoms with van der Waals surface area (Å²) >= 11 is 5.86. The Balaban J connectivity index is 1.51. The summed E-state index contributed by atoms with van der Waals surface area (Å²) in [6, 6.07) is 15.4. The van der Waals surface area contributed by atoms with Crippen molar-refractivity contribution in [1.82, 2.24) is 4.57 Å². The van der Waals surface area contributed by atoms with E-state index in [0.29, 0.717) is 17.3 Å². The van der Waals surface area contributed by atoms with E-state index >= 15 is 0 Å². The third-order valence-electron chi connectivity index (χ3n) is 4.24. The summed E-state index contributed by atoms with van der Waals surface area (Å²) in [6.07, 6.45) is -0.608. The lowest BCUT2D eigenvalue weighted by molar-refractivity contribution is -0.644. The minimum Gasteiger partial charge on any atom is -0.491 e. The van der Waals surface area contributed by atoms with E-state index < -0.39 is 6.10 Å². The van der Waals surface area contributed by atoms with E-state index in [4.69, 9.17) is 16.3 Å². The topological polar surface area (TPSA) is 50.3 Å². The second-order valence-corrected chi connectivity index (χ2v) is 6.36. The highest BCUT2D eigenvalue weighted by Crippen LogP contribution is 2.21. The summed E-state index contributed by atoms with van der Waals surface area (Å²) in [5.74, 6) is 1.75. The number of hydrogen-bond acceptors (Lipinski definition) is 3. The average Bonchev–Trinajstić information content (AvgIpc) is 3.18. The molecule has 5 nitrogen and oxygen atoms in total. The molecule has 6 heteroatoms. The molecule has 0 fully saturated rings. The van der Waals surface area contributed by atoms with Gasteiger partial charge in [-0.15, -0.1) is 0 Å². The number of halogens is 1. The number of nitrogens with zero attached hydrogens (tertiary/aromatic N) is 2. The zero-order valence-electron chi connectivity index (χ0n) is 13.2. The Morgan fingerprint density at radius 3 is 2.83 bits per heavy atom. The standard InChI is InChI=1S/C18H18ClN3O2/c19-13-5-7-15(8-6-13)24-12-14(23)11-22-17-4-2-1-3-16(17)21-10-9-20-18(21)22/h1-8,14,23H,9-12H2/p+1/t14-/m0/s1. The van der Waals surface area contributed by atoms with Gasteiger partial charge in [0, 0.05) is 5.02 Å². The number of hydrogen-bond donors (Lipinski definition) is 2. The van der Waals surface area contributed by atoms with Crippen molar-refractivity contribution in [2.24, 2.45) is 0 Å². The minimum atomic E-state index is -0.608. The Morgan fingerprint density at radius 1 is 1.21 bits per heavy atom. The van der Waals surface area contributed by atoms with E-state index in [1.807, 2.05) is 12.1 Å². The van der Waals surface area contributed by atoms with E-state index in [-0.39, 0.29) is 6.61 Å². The number of aliphatic hydroxyl groups excluding tert-OH is 1. The fourth-order valence-electron chi connectivity index (χ4n) is 3.16. The molecule has 0 saturated carbocycles. The maximum absolute atomic E-state index is 10.4. The third-order valence-corrected chi connectivity index (χ3v) is 4.49. The molecule has 0 saturated heterocycles. The van der Waals surface area contributed by atoms with Gasteiger partial charge in [-0.05, 0) is 36.4 Å². The van der Waals surface area contributed by atoms with Crippen molar-refractivity contribution in [2.45, 2.75) is 19.2 Å². The van der Waals surface area contributed by atoms with Crippen LogP contribution in [0.5, 0.6) is 5.75 Å². The maximum atomic E-state index is 10.4. The molecule has 24 heavy (non-hydrogen) atoms. The van der Waals surface area contributed by atoms with Crippen molar-refractivity contribution in [3.63, 3.8) is 0 Å². The molecule has 2 heterocycles. The van der Waals surface area contributed by atoms with E-state index in [1.165, 1.54) is 5.52 Å². The Hall–Kier alpha value is -2.24. The highest BCUT2D eigenvalue weighted by atomic mass is 35.5. The van der Waals surface area contributed by atoms with Crippen LogP contribution in [0.4, 0.5) is 5.95 Å². The Kier molecular flexibility index (Phi) is 4.04. The molecule has 3 aromatic rings. The molecule has 0 amide bonds. The van der Waals surface area contributed by atoms with Crippen LogP contribution in [-0.4, -0.2) is 28.9 Å². The van der Waals surface area contributed by atoms with Gasteiger partial charge in [0.25, 0.3) is 0 Å². The molecule has 0 radical (unpaired) electrons. The first-order valence-corrected chi connectivity index (χ1v) is 8.41. The predicted octanol–water partition coefficient (Wildman–Crippen LogP) is 2.45. The van der Waals surface area contributed by atoms with Gasteiger partial charge < -0.3 is 9.84 Å². The molecule has 2 N–H and O–H groups in total.